The second-order valence-electron chi connectivity index (χ2n) is 2.16. The van der Waals surface area contributed by atoms with Crippen molar-refractivity contribution in [2.45, 2.75) is 19.8 Å². The van der Waals surface area contributed by atoms with E-state index in [-0.39, 0.29) is 0 Å². The van der Waals surface area contributed by atoms with Crippen molar-refractivity contribution in [3.05, 3.63) is 6.92 Å². The van der Waals surface area contributed by atoms with Crippen LogP contribution < -0.4 is 0 Å². The molecule has 0 aromatic rings. The summed E-state index contributed by atoms with van der Waals surface area (Å²) in [7, 11) is 0. The Balaban J connectivity index is 2.09. The fourth-order valence-corrected chi connectivity index (χ4v) is 0.810. The first-order chi connectivity index (χ1) is 2.84. The van der Waals surface area contributed by atoms with E-state index in [1.807, 2.05) is 0 Å². The zero-order valence-electron chi connectivity index (χ0n) is 4.28. The van der Waals surface area contributed by atoms with E-state index in [4.69, 9.17) is 0 Å². The predicted molar refractivity (Wildman–Crippen MR) is 27.2 cm³/mol. The largest absolute Gasteiger partial charge is 0.0651 e. The van der Waals surface area contributed by atoms with Gasteiger partial charge >= 0.3 is 0 Å². The lowest BCUT2D eigenvalue weighted by atomic mass is 10.3. The van der Waals surface area contributed by atoms with Gasteiger partial charge in [-0.15, -0.1) is 0 Å². The highest BCUT2D eigenvalue weighted by atomic mass is 14.3. The van der Waals surface area contributed by atoms with Crippen LogP contribution in [0.5, 0.6) is 0 Å². The van der Waals surface area contributed by atoms with E-state index in [1.165, 1.54) is 12.8 Å². The Hall–Kier alpha value is 0. The molecule has 6 heavy (non-hydrogen) atoms. The van der Waals surface area contributed by atoms with Crippen LogP contribution >= 0.6 is 0 Å². The van der Waals surface area contributed by atoms with Gasteiger partial charge in [-0.05, 0) is 25.2 Å². The minimum absolute atomic E-state index is 0.815. The first kappa shape index (κ1) is 4.17. The Morgan fingerprint density at radius 3 is 2.33 bits per heavy atom. The van der Waals surface area contributed by atoms with Crippen molar-refractivity contribution >= 4 is 0 Å². The molecule has 0 saturated heterocycles. The third kappa shape index (κ3) is 0.562. The monoisotopic (exact) mass is 83.1 g/mol. The summed E-state index contributed by atoms with van der Waals surface area (Å²) in [5.41, 5.74) is 0. The number of rotatable bonds is 1. The molecule has 0 aromatic carbocycles. The highest BCUT2D eigenvalue weighted by molar-refractivity contribution is 4.86. The van der Waals surface area contributed by atoms with Crippen LogP contribution in [0, 0.1) is 18.8 Å². The average molecular weight is 83.2 g/mol. The Kier molecular flexibility index (Phi) is 0.868. The molecule has 1 saturated carbocycles. The Labute approximate surface area is 39.6 Å². The molecule has 0 aliphatic heterocycles. The minimum Gasteiger partial charge on any atom is -0.0651 e. The topological polar surface area (TPSA) is 0 Å². The van der Waals surface area contributed by atoms with Crippen molar-refractivity contribution in [3.8, 4) is 0 Å². The van der Waals surface area contributed by atoms with Gasteiger partial charge in [-0.1, -0.05) is 13.3 Å². The highest BCUT2D eigenvalue weighted by Crippen LogP contribution is 2.39. The standard InChI is InChI=1S/C6H11/c1-3-6-4-5(6)2/h5-6H,2-4H2,1H3. The van der Waals surface area contributed by atoms with Gasteiger partial charge in [0.15, 0.2) is 0 Å². The van der Waals surface area contributed by atoms with Crippen molar-refractivity contribution in [2.75, 3.05) is 0 Å². The maximum atomic E-state index is 3.90. The summed E-state index contributed by atoms with van der Waals surface area (Å²) >= 11 is 0. The molecule has 2 atom stereocenters. The Morgan fingerprint density at radius 1 is 1.83 bits per heavy atom. The summed E-state index contributed by atoms with van der Waals surface area (Å²) in [6, 6.07) is 0. The van der Waals surface area contributed by atoms with E-state index >= 15 is 0 Å². The van der Waals surface area contributed by atoms with E-state index in [2.05, 4.69) is 13.8 Å². The molecule has 35 valence electrons. The number of hydrogen-bond donors (Lipinski definition) is 0. The molecule has 0 heterocycles. The van der Waals surface area contributed by atoms with Gasteiger partial charge in [0, 0.05) is 0 Å². The van der Waals surface area contributed by atoms with Crippen LogP contribution in [0.1, 0.15) is 19.8 Å². The fourth-order valence-electron chi connectivity index (χ4n) is 0.810. The molecule has 0 bridgehead atoms. The van der Waals surface area contributed by atoms with Crippen LogP contribution in [0.3, 0.4) is 0 Å². The summed E-state index contributed by atoms with van der Waals surface area (Å²) in [5.74, 6) is 1.81. The lowest BCUT2D eigenvalue weighted by Gasteiger charge is -1.78. The second-order valence-corrected chi connectivity index (χ2v) is 2.16. The molecule has 1 aliphatic rings. The van der Waals surface area contributed by atoms with Gasteiger partial charge in [0.1, 0.15) is 0 Å². The lowest BCUT2D eigenvalue weighted by molar-refractivity contribution is 0.754. The van der Waals surface area contributed by atoms with E-state index in [1.54, 1.807) is 0 Å². The van der Waals surface area contributed by atoms with Gasteiger partial charge in [0.25, 0.3) is 0 Å². The lowest BCUT2D eigenvalue weighted by Crippen LogP contribution is -1.68. The van der Waals surface area contributed by atoms with E-state index in [9.17, 15) is 0 Å². The van der Waals surface area contributed by atoms with Gasteiger partial charge in [0.2, 0.25) is 0 Å². The van der Waals surface area contributed by atoms with Crippen LogP contribution in [-0.4, -0.2) is 0 Å². The van der Waals surface area contributed by atoms with Crippen molar-refractivity contribution in [2.24, 2.45) is 11.8 Å². The van der Waals surface area contributed by atoms with Gasteiger partial charge in [0.05, 0.1) is 0 Å². The molecule has 0 aromatic heterocycles. The first-order valence-corrected chi connectivity index (χ1v) is 2.67. The fraction of sp³-hybridized carbons (Fsp3) is 0.833. The molecule has 1 radical (unpaired) electrons. The molecule has 2 unspecified atom stereocenters. The maximum absolute atomic E-state index is 3.90. The van der Waals surface area contributed by atoms with E-state index in [0.717, 1.165) is 11.8 Å². The van der Waals surface area contributed by atoms with E-state index in [0.29, 0.717) is 0 Å². The molecule has 0 amide bonds. The van der Waals surface area contributed by atoms with Crippen molar-refractivity contribution < 1.29 is 0 Å². The summed E-state index contributed by atoms with van der Waals surface area (Å²) < 4.78 is 0. The summed E-state index contributed by atoms with van der Waals surface area (Å²) in [6.07, 6.45) is 2.73. The van der Waals surface area contributed by atoms with Gasteiger partial charge in [-0.2, -0.15) is 0 Å². The zero-order chi connectivity index (χ0) is 4.57. The minimum atomic E-state index is 0.815. The molecule has 1 rings (SSSR count). The van der Waals surface area contributed by atoms with E-state index < -0.39 is 0 Å². The third-order valence-electron chi connectivity index (χ3n) is 1.59. The quantitative estimate of drug-likeness (QED) is 0.454. The summed E-state index contributed by atoms with van der Waals surface area (Å²) in [5, 5.41) is 0. The summed E-state index contributed by atoms with van der Waals surface area (Å²) in [6.45, 7) is 6.13. The highest BCUT2D eigenvalue weighted by Gasteiger charge is 2.29. The molecule has 0 nitrogen and oxygen atoms in total. The molecule has 1 fully saturated rings. The smallest absolute Gasteiger partial charge is 0.0383 e. The van der Waals surface area contributed by atoms with Gasteiger partial charge in [-0.25, -0.2) is 0 Å². The van der Waals surface area contributed by atoms with Crippen molar-refractivity contribution in [1.29, 1.82) is 0 Å². The van der Waals surface area contributed by atoms with Crippen LogP contribution in [-0.2, 0) is 0 Å². The zero-order valence-corrected chi connectivity index (χ0v) is 4.28. The van der Waals surface area contributed by atoms with Crippen molar-refractivity contribution in [3.63, 3.8) is 0 Å². The van der Waals surface area contributed by atoms with Gasteiger partial charge < -0.3 is 0 Å². The van der Waals surface area contributed by atoms with Gasteiger partial charge in [-0.3, -0.25) is 0 Å². The molecular formula is C6H11. The summed E-state index contributed by atoms with van der Waals surface area (Å²) in [4.78, 5) is 0. The molecular weight excluding hydrogens is 72.1 g/mol. The molecule has 0 spiro atoms. The average Bonchev–Trinajstić information content (AvgIpc) is 2.19. The number of hydrogen-bond acceptors (Lipinski definition) is 0. The van der Waals surface area contributed by atoms with Crippen molar-refractivity contribution in [1.82, 2.24) is 0 Å². The Bertz CT molecular complexity index is 46.0. The van der Waals surface area contributed by atoms with Crippen LogP contribution in [0.4, 0.5) is 0 Å². The van der Waals surface area contributed by atoms with Crippen LogP contribution in [0.25, 0.3) is 0 Å². The Morgan fingerprint density at radius 2 is 2.33 bits per heavy atom. The normalized spacial score (nSPS) is 43.0. The van der Waals surface area contributed by atoms with Crippen LogP contribution in [0.15, 0.2) is 0 Å². The van der Waals surface area contributed by atoms with Crippen LogP contribution in [0.2, 0.25) is 0 Å². The predicted octanol–water partition coefficient (Wildman–Crippen LogP) is 1.87. The molecule has 0 heteroatoms. The maximum Gasteiger partial charge on any atom is -0.0383 e. The third-order valence-corrected chi connectivity index (χ3v) is 1.59. The second kappa shape index (κ2) is 1.25. The first-order valence-electron chi connectivity index (χ1n) is 2.67. The molecule has 1 aliphatic carbocycles. The molecule has 0 N–H and O–H groups in total. The SMILES string of the molecule is [CH2]C1CC1CC.